The largest absolute Gasteiger partial charge is 0.490 e. The van der Waals surface area contributed by atoms with Crippen molar-refractivity contribution in [2.75, 3.05) is 23.8 Å². The minimum Gasteiger partial charge on any atom is -0.490 e. The molecule has 0 spiro atoms. The van der Waals surface area contributed by atoms with Crippen molar-refractivity contribution in [3.8, 4) is 11.5 Å². The first-order chi connectivity index (χ1) is 17.4. The number of benzene rings is 3. The Morgan fingerprint density at radius 3 is 2.25 bits per heavy atom. The second-order valence-electron chi connectivity index (χ2n) is 7.52. The first kappa shape index (κ1) is 25.7. The summed E-state index contributed by atoms with van der Waals surface area (Å²) in [7, 11) is 0. The Kier molecular flexibility index (Phi) is 9.35. The van der Waals surface area contributed by atoms with Crippen LogP contribution >= 0.6 is 0 Å². The van der Waals surface area contributed by atoms with Crippen LogP contribution in [-0.2, 0) is 14.4 Å². The van der Waals surface area contributed by atoms with Crippen molar-refractivity contribution in [1.29, 1.82) is 0 Å². The van der Waals surface area contributed by atoms with Gasteiger partial charge in [0, 0.05) is 16.9 Å². The topological polar surface area (TPSA) is 118 Å². The van der Waals surface area contributed by atoms with Crippen LogP contribution in [0.4, 0.5) is 11.4 Å². The van der Waals surface area contributed by atoms with Crippen molar-refractivity contribution >= 4 is 35.3 Å². The number of hydrogen-bond donors (Lipinski definition) is 3. The minimum absolute atomic E-state index is 0.217. The molecule has 3 aromatic rings. The molecule has 0 bridgehead atoms. The van der Waals surface area contributed by atoms with Gasteiger partial charge in [-0.15, -0.1) is 0 Å². The Bertz CT molecular complexity index is 1240. The highest BCUT2D eigenvalue weighted by Crippen LogP contribution is 2.17. The summed E-state index contributed by atoms with van der Waals surface area (Å²) in [5.41, 5.74) is 4.86. The van der Waals surface area contributed by atoms with Gasteiger partial charge >= 0.3 is 11.8 Å². The summed E-state index contributed by atoms with van der Waals surface area (Å²) in [6.07, 6.45) is 2.94. The van der Waals surface area contributed by atoms with E-state index in [2.05, 4.69) is 27.7 Å². The zero-order chi connectivity index (χ0) is 25.8. The molecule has 3 N–H and O–H groups in total. The molecule has 0 atom stereocenters. The van der Waals surface area contributed by atoms with Crippen LogP contribution in [0.1, 0.15) is 11.1 Å². The number of carbonyl (C=O) groups excluding carboxylic acids is 3. The number of amides is 3. The number of hydrazone groups is 1. The molecule has 9 heteroatoms. The lowest BCUT2D eigenvalue weighted by Gasteiger charge is -2.10. The van der Waals surface area contributed by atoms with Crippen LogP contribution in [0.5, 0.6) is 11.5 Å². The fourth-order valence-corrected chi connectivity index (χ4v) is 2.88. The van der Waals surface area contributed by atoms with Crippen LogP contribution in [0, 0.1) is 6.92 Å². The van der Waals surface area contributed by atoms with Crippen molar-refractivity contribution < 1.29 is 23.9 Å². The molecule has 3 rings (SSSR count). The van der Waals surface area contributed by atoms with Crippen LogP contribution < -0.4 is 25.5 Å². The maximum atomic E-state index is 12.2. The maximum Gasteiger partial charge on any atom is 0.329 e. The average Bonchev–Trinajstić information content (AvgIpc) is 2.89. The number of para-hydroxylation sites is 1. The number of rotatable bonds is 10. The Morgan fingerprint density at radius 2 is 1.53 bits per heavy atom. The molecule has 0 saturated carbocycles. The molecule has 3 amide bonds. The molecule has 0 aliphatic heterocycles. The van der Waals surface area contributed by atoms with Crippen molar-refractivity contribution in [2.45, 2.75) is 6.92 Å². The Labute approximate surface area is 208 Å². The van der Waals surface area contributed by atoms with Gasteiger partial charge in [0.05, 0.1) is 6.21 Å². The molecule has 0 radical (unpaired) electrons. The molecule has 0 aliphatic carbocycles. The summed E-state index contributed by atoms with van der Waals surface area (Å²) in [5.74, 6) is -1.16. The number of nitrogens with one attached hydrogen (secondary N) is 3. The zero-order valence-corrected chi connectivity index (χ0v) is 19.7. The standard InChI is InChI=1S/C27H26N4O5/c1-3-16-35-23-14-12-22(13-15-23)30-26(33)27(34)31-28-17-20-6-4-5-7-24(20)36-18-25(32)29-21-10-8-19(2)9-11-21/h3-15,17H,1,16,18H2,2H3,(H,29,32)(H,30,33)(H,31,34)/b28-17-. The summed E-state index contributed by atoms with van der Waals surface area (Å²) in [6.45, 7) is 5.68. The van der Waals surface area contributed by atoms with Crippen LogP contribution in [0.15, 0.2) is 90.6 Å². The maximum absolute atomic E-state index is 12.2. The lowest BCUT2D eigenvalue weighted by atomic mass is 10.2. The zero-order valence-electron chi connectivity index (χ0n) is 19.7. The average molecular weight is 487 g/mol. The van der Waals surface area contributed by atoms with E-state index in [4.69, 9.17) is 9.47 Å². The first-order valence-corrected chi connectivity index (χ1v) is 11.0. The molecule has 0 saturated heterocycles. The summed E-state index contributed by atoms with van der Waals surface area (Å²) >= 11 is 0. The van der Waals surface area contributed by atoms with E-state index in [9.17, 15) is 14.4 Å². The third-order valence-electron chi connectivity index (χ3n) is 4.67. The van der Waals surface area contributed by atoms with E-state index in [1.165, 1.54) is 6.21 Å². The van der Waals surface area contributed by atoms with Crippen molar-refractivity contribution in [2.24, 2.45) is 5.10 Å². The fraction of sp³-hybridized carbons (Fsp3) is 0.111. The Hall–Kier alpha value is -4.92. The van der Waals surface area contributed by atoms with Gasteiger partial charge in [-0.05, 0) is 55.5 Å². The highest BCUT2D eigenvalue weighted by Gasteiger charge is 2.13. The predicted molar refractivity (Wildman–Crippen MR) is 138 cm³/mol. The lowest BCUT2D eigenvalue weighted by Crippen LogP contribution is -2.32. The number of hydrogen-bond acceptors (Lipinski definition) is 6. The van der Waals surface area contributed by atoms with E-state index < -0.39 is 11.8 Å². The molecule has 184 valence electrons. The quantitative estimate of drug-likeness (QED) is 0.175. The summed E-state index contributed by atoms with van der Waals surface area (Å²) in [6, 6.07) is 20.8. The van der Waals surface area contributed by atoms with Gasteiger partial charge in [0.2, 0.25) is 0 Å². The lowest BCUT2D eigenvalue weighted by molar-refractivity contribution is -0.136. The molecule has 0 unspecified atom stereocenters. The van der Waals surface area contributed by atoms with E-state index >= 15 is 0 Å². The number of nitrogens with zero attached hydrogens (tertiary/aromatic N) is 1. The van der Waals surface area contributed by atoms with Crippen LogP contribution in [0.25, 0.3) is 0 Å². The van der Waals surface area contributed by atoms with Gasteiger partial charge in [0.25, 0.3) is 5.91 Å². The second-order valence-corrected chi connectivity index (χ2v) is 7.52. The SMILES string of the molecule is C=CCOc1ccc(NC(=O)C(=O)N/N=C\c2ccccc2OCC(=O)Nc2ccc(C)cc2)cc1. The van der Waals surface area contributed by atoms with Crippen LogP contribution in [0.3, 0.4) is 0 Å². The van der Waals surface area contributed by atoms with E-state index in [1.807, 2.05) is 19.1 Å². The number of aryl methyl sites for hydroxylation is 1. The number of ether oxygens (including phenoxy) is 2. The summed E-state index contributed by atoms with van der Waals surface area (Å²) < 4.78 is 11.0. The minimum atomic E-state index is -0.950. The van der Waals surface area contributed by atoms with E-state index in [1.54, 1.807) is 66.7 Å². The number of carbonyl (C=O) groups is 3. The highest BCUT2D eigenvalue weighted by atomic mass is 16.5. The molecule has 36 heavy (non-hydrogen) atoms. The third kappa shape index (κ3) is 8.14. The third-order valence-corrected chi connectivity index (χ3v) is 4.67. The molecule has 0 aliphatic rings. The molecular weight excluding hydrogens is 460 g/mol. The molecule has 0 heterocycles. The van der Waals surface area contributed by atoms with Crippen LogP contribution in [-0.4, -0.2) is 37.1 Å². The van der Waals surface area contributed by atoms with Gasteiger partial charge in [0.1, 0.15) is 18.1 Å². The van der Waals surface area contributed by atoms with Gasteiger partial charge < -0.3 is 20.1 Å². The van der Waals surface area contributed by atoms with E-state index in [0.717, 1.165) is 5.56 Å². The smallest absolute Gasteiger partial charge is 0.329 e. The van der Waals surface area contributed by atoms with Gasteiger partial charge in [-0.25, -0.2) is 5.43 Å². The van der Waals surface area contributed by atoms with Gasteiger partial charge in [-0.1, -0.05) is 42.5 Å². The van der Waals surface area contributed by atoms with Gasteiger partial charge in [-0.2, -0.15) is 5.10 Å². The first-order valence-electron chi connectivity index (χ1n) is 11.0. The van der Waals surface area contributed by atoms with Crippen molar-refractivity contribution in [1.82, 2.24) is 5.43 Å². The highest BCUT2D eigenvalue weighted by molar-refractivity contribution is 6.39. The van der Waals surface area contributed by atoms with Gasteiger partial charge in [-0.3, -0.25) is 14.4 Å². The molecule has 0 fully saturated rings. The Balaban J connectivity index is 1.49. The predicted octanol–water partition coefficient (Wildman–Crippen LogP) is 3.67. The molecular formula is C27H26N4O5. The van der Waals surface area contributed by atoms with E-state index in [0.29, 0.717) is 35.0 Å². The normalized spacial score (nSPS) is 10.4. The van der Waals surface area contributed by atoms with Crippen LogP contribution in [0.2, 0.25) is 0 Å². The summed E-state index contributed by atoms with van der Waals surface area (Å²) in [4.78, 5) is 36.4. The molecule has 3 aromatic carbocycles. The second kappa shape index (κ2) is 13.1. The summed E-state index contributed by atoms with van der Waals surface area (Å²) in [5, 5.41) is 9.04. The molecule has 9 nitrogen and oxygen atoms in total. The van der Waals surface area contributed by atoms with Crippen molar-refractivity contribution in [3.05, 3.63) is 96.6 Å². The van der Waals surface area contributed by atoms with Crippen molar-refractivity contribution in [3.63, 3.8) is 0 Å². The molecule has 0 aromatic heterocycles. The van der Waals surface area contributed by atoms with Gasteiger partial charge in [0.15, 0.2) is 6.61 Å². The Morgan fingerprint density at radius 1 is 0.861 bits per heavy atom. The van der Waals surface area contributed by atoms with E-state index in [-0.39, 0.29) is 12.5 Å². The number of anilines is 2. The monoisotopic (exact) mass is 486 g/mol. The fourth-order valence-electron chi connectivity index (χ4n) is 2.88.